The van der Waals surface area contributed by atoms with Gasteiger partial charge in [-0.05, 0) is 62.3 Å². The first-order valence-electron chi connectivity index (χ1n) is 11.8. The van der Waals surface area contributed by atoms with Crippen LogP contribution >= 0.6 is 11.3 Å². The molecule has 7 nitrogen and oxygen atoms in total. The van der Waals surface area contributed by atoms with Crippen molar-refractivity contribution in [2.75, 3.05) is 0 Å². The number of carbonyl (C=O) groups excluding carboxylic acids is 1. The van der Waals surface area contributed by atoms with Crippen LogP contribution in [0.3, 0.4) is 0 Å². The van der Waals surface area contributed by atoms with Gasteiger partial charge in [-0.3, -0.25) is 18.8 Å². The van der Waals surface area contributed by atoms with Crippen molar-refractivity contribution in [2.45, 2.75) is 65.6 Å². The summed E-state index contributed by atoms with van der Waals surface area (Å²) in [5, 5.41) is 8.27. The lowest BCUT2D eigenvalue weighted by Gasteiger charge is -2.11. The number of hydrogen-bond donors (Lipinski definition) is 1. The zero-order chi connectivity index (χ0) is 23.7. The van der Waals surface area contributed by atoms with Crippen LogP contribution in [0, 0.1) is 13.8 Å². The van der Waals surface area contributed by atoms with Gasteiger partial charge in [0.1, 0.15) is 4.83 Å². The molecular weight excluding hydrogens is 446 g/mol. The number of nitrogens with zero attached hydrogens (tertiary/aromatic N) is 4. The average molecular weight is 476 g/mol. The van der Waals surface area contributed by atoms with E-state index in [4.69, 9.17) is 0 Å². The summed E-state index contributed by atoms with van der Waals surface area (Å²) in [6.45, 7) is 5.53. The van der Waals surface area contributed by atoms with Gasteiger partial charge >= 0.3 is 0 Å². The maximum Gasteiger partial charge on any atom is 0.262 e. The molecule has 34 heavy (non-hydrogen) atoms. The Bertz CT molecular complexity index is 1410. The second-order valence-electron chi connectivity index (χ2n) is 9.07. The summed E-state index contributed by atoms with van der Waals surface area (Å²) in [5.41, 5.74) is 5.48. The number of hydrogen-bond acceptors (Lipinski definition) is 5. The molecule has 0 atom stereocenters. The summed E-state index contributed by atoms with van der Waals surface area (Å²) in [6, 6.07) is 10.2. The van der Waals surface area contributed by atoms with Crippen LogP contribution in [-0.2, 0) is 37.3 Å². The molecular formula is C26H29N5O2S. The largest absolute Gasteiger partial charge is 0.352 e. The van der Waals surface area contributed by atoms with Crippen LogP contribution in [0.5, 0.6) is 0 Å². The van der Waals surface area contributed by atoms with Gasteiger partial charge in [0.25, 0.3) is 5.56 Å². The van der Waals surface area contributed by atoms with Crippen LogP contribution in [0.1, 0.15) is 52.2 Å². The molecule has 1 aromatic carbocycles. The normalized spacial score (nSPS) is 13.2. The van der Waals surface area contributed by atoms with Crippen molar-refractivity contribution >= 4 is 27.5 Å². The molecule has 0 spiro atoms. The van der Waals surface area contributed by atoms with Gasteiger partial charge < -0.3 is 5.32 Å². The quantitative estimate of drug-likeness (QED) is 0.439. The molecule has 0 fully saturated rings. The van der Waals surface area contributed by atoms with E-state index in [9.17, 15) is 9.59 Å². The molecule has 1 aliphatic carbocycles. The first-order chi connectivity index (χ1) is 16.5. The third kappa shape index (κ3) is 4.68. The minimum Gasteiger partial charge on any atom is -0.352 e. The Balaban J connectivity index is 1.19. The Morgan fingerprint density at radius 1 is 1.15 bits per heavy atom. The van der Waals surface area contributed by atoms with Gasteiger partial charge in [-0.2, -0.15) is 5.10 Å². The van der Waals surface area contributed by atoms with Gasteiger partial charge in [0, 0.05) is 30.1 Å². The van der Waals surface area contributed by atoms with Gasteiger partial charge in [0.15, 0.2) is 0 Å². The first kappa shape index (κ1) is 22.5. The molecule has 0 bridgehead atoms. The molecule has 1 amide bonds. The molecule has 4 aromatic rings. The summed E-state index contributed by atoms with van der Waals surface area (Å²) in [7, 11) is 0. The maximum atomic E-state index is 13.1. The van der Waals surface area contributed by atoms with Gasteiger partial charge in [-0.25, -0.2) is 4.98 Å². The molecule has 3 heterocycles. The van der Waals surface area contributed by atoms with Gasteiger partial charge in [-0.15, -0.1) is 11.3 Å². The number of aryl methyl sites for hydroxylation is 5. The lowest BCUT2D eigenvalue weighted by atomic mass is 9.97. The highest BCUT2D eigenvalue weighted by molar-refractivity contribution is 7.18. The summed E-state index contributed by atoms with van der Waals surface area (Å²) in [4.78, 5) is 32.2. The number of benzene rings is 1. The van der Waals surface area contributed by atoms with Gasteiger partial charge in [-0.1, -0.05) is 24.3 Å². The van der Waals surface area contributed by atoms with E-state index in [1.165, 1.54) is 16.9 Å². The van der Waals surface area contributed by atoms with E-state index in [0.717, 1.165) is 52.0 Å². The molecule has 8 heteroatoms. The van der Waals surface area contributed by atoms with Crippen molar-refractivity contribution in [3.8, 4) is 0 Å². The average Bonchev–Trinajstić information content (AvgIpc) is 3.36. The molecule has 1 N–H and O–H groups in total. The van der Waals surface area contributed by atoms with Crippen molar-refractivity contribution in [3.63, 3.8) is 0 Å². The molecule has 1 aliphatic rings. The predicted octanol–water partition coefficient (Wildman–Crippen LogP) is 3.90. The van der Waals surface area contributed by atoms with Crippen molar-refractivity contribution in [1.29, 1.82) is 0 Å². The minimum atomic E-state index is -0.0803. The summed E-state index contributed by atoms with van der Waals surface area (Å²) >= 11 is 1.65. The van der Waals surface area contributed by atoms with Gasteiger partial charge in [0.2, 0.25) is 5.91 Å². The number of rotatable bonds is 7. The third-order valence-electron chi connectivity index (χ3n) is 6.44. The Kier molecular flexibility index (Phi) is 6.32. The standard InChI is InChI=1S/C26H29N5O2S/c1-17-12-18(2)31(29-17)15-20-7-5-6-19(13-20)14-27-23(32)10-11-30-16-28-25-24(26(30)33)21-8-3-4-9-22(21)34-25/h5-7,12-13,16H,3-4,8-11,14-15H2,1-2H3,(H,27,32). The van der Waals surface area contributed by atoms with E-state index in [0.29, 0.717) is 19.6 Å². The summed E-state index contributed by atoms with van der Waals surface area (Å²) in [6.07, 6.45) is 6.13. The second-order valence-corrected chi connectivity index (χ2v) is 10.1. The summed E-state index contributed by atoms with van der Waals surface area (Å²) in [5.74, 6) is -0.0803. The van der Waals surface area contributed by atoms with Crippen LogP contribution in [0.15, 0.2) is 41.5 Å². The molecule has 3 aromatic heterocycles. The predicted molar refractivity (Wildman–Crippen MR) is 134 cm³/mol. The van der Waals surface area contributed by atoms with E-state index >= 15 is 0 Å². The zero-order valence-corrected chi connectivity index (χ0v) is 20.5. The van der Waals surface area contributed by atoms with Crippen LogP contribution in [0.2, 0.25) is 0 Å². The summed E-state index contributed by atoms with van der Waals surface area (Å²) < 4.78 is 3.57. The molecule has 5 rings (SSSR count). The van der Waals surface area contributed by atoms with Gasteiger partial charge in [0.05, 0.1) is 24.0 Å². The monoisotopic (exact) mass is 475 g/mol. The lowest BCUT2D eigenvalue weighted by molar-refractivity contribution is -0.121. The smallest absolute Gasteiger partial charge is 0.262 e. The highest BCUT2D eigenvalue weighted by Crippen LogP contribution is 2.33. The van der Waals surface area contributed by atoms with Crippen LogP contribution in [-0.4, -0.2) is 25.2 Å². The Morgan fingerprint density at radius 2 is 1.97 bits per heavy atom. The molecule has 0 unspecified atom stereocenters. The fraction of sp³-hybridized carbons (Fsp3) is 0.385. The molecule has 0 aliphatic heterocycles. The number of amides is 1. The molecule has 0 saturated heterocycles. The number of aromatic nitrogens is 4. The maximum absolute atomic E-state index is 13.1. The lowest BCUT2D eigenvalue weighted by Crippen LogP contribution is -2.27. The van der Waals surface area contributed by atoms with E-state index in [2.05, 4.69) is 40.5 Å². The number of nitrogens with one attached hydrogen (secondary N) is 1. The topological polar surface area (TPSA) is 81.8 Å². The second kappa shape index (κ2) is 9.54. The number of carbonyl (C=O) groups is 1. The van der Waals surface area contributed by atoms with Crippen LogP contribution < -0.4 is 10.9 Å². The first-order valence-corrected chi connectivity index (χ1v) is 12.6. The van der Waals surface area contributed by atoms with E-state index in [1.54, 1.807) is 22.2 Å². The van der Waals surface area contributed by atoms with E-state index in [-0.39, 0.29) is 17.9 Å². The highest BCUT2D eigenvalue weighted by Gasteiger charge is 2.20. The Hall–Kier alpha value is -3.26. The molecule has 176 valence electrons. The van der Waals surface area contributed by atoms with Crippen molar-refractivity contribution < 1.29 is 4.79 Å². The SMILES string of the molecule is Cc1cc(C)n(Cc2cccc(CNC(=O)CCn3cnc4sc5c(c4c3=O)CCCC5)c2)n1. The Labute approximate surface area is 202 Å². The van der Waals surface area contributed by atoms with E-state index in [1.807, 2.05) is 23.7 Å². The number of thiophene rings is 1. The molecule has 0 saturated carbocycles. The van der Waals surface area contributed by atoms with Crippen molar-refractivity contribution in [3.05, 3.63) is 80.0 Å². The van der Waals surface area contributed by atoms with Crippen molar-refractivity contribution in [1.82, 2.24) is 24.6 Å². The van der Waals surface area contributed by atoms with Crippen LogP contribution in [0.4, 0.5) is 0 Å². The minimum absolute atomic E-state index is 0.0194. The fourth-order valence-electron chi connectivity index (χ4n) is 4.70. The third-order valence-corrected chi connectivity index (χ3v) is 7.64. The molecule has 0 radical (unpaired) electrons. The van der Waals surface area contributed by atoms with Crippen LogP contribution in [0.25, 0.3) is 10.2 Å². The number of fused-ring (bicyclic) bond motifs is 3. The zero-order valence-electron chi connectivity index (χ0n) is 19.6. The fourth-order valence-corrected chi connectivity index (χ4v) is 5.92. The van der Waals surface area contributed by atoms with Crippen molar-refractivity contribution in [2.24, 2.45) is 0 Å². The Morgan fingerprint density at radius 3 is 2.79 bits per heavy atom. The highest BCUT2D eigenvalue weighted by atomic mass is 32.1. The van der Waals surface area contributed by atoms with E-state index < -0.39 is 0 Å².